The van der Waals surface area contributed by atoms with E-state index in [9.17, 15) is 4.39 Å². The lowest BCUT2D eigenvalue weighted by Crippen LogP contribution is -1.96. The first-order chi connectivity index (χ1) is 6.19. The number of halogens is 2. The number of benzene rings is 1. The normalized spacial score (nSPS) is 9.85. The zero-order valence-corrected chi connectivity index (χ0v) is 9.02. The van der Waals surface area contributed by atoms with Crippen molar-refractivity contribution in [1.29, 1.82) is 0 Å². The molecule has 0 spiro atoms. The SMILES string of the molecule is CCOc1cc(F)c(Br)cc1OC. The maximum Gasteiger partial charge on any atom is 0.164 e. The topological polar surface area (TPSA) is 18.5 Å². The van der Waals surface area contributed by atoms with Crippen LogP contribution in [0.5, 0.6) is 11.5 Å². The van der Waals surface area contributed by atoms with Crippen LogP contribution in [-0.4, -0.2) is 13.7 Å². The van der Waals surface area contributed by atoms with Gasteiger partial charge in [0.05, 0.1) is 18.2 Å². The third-order valence-electron chi connectivity index (χ3n) is 1.51. The molecule has 0 unspecified atom stereocenters. The third kappa shape index (κ3) is 2.34. The highest BCUT2D eigenvalue weighted by atomic mass is 79.9. The molecule has 0 saturated heterocycles. The number of ether oxygens (including phenoxy) is 2. The lowest BCUT2D eigenvalue weighted by atomic mass is 10.3. The second kappa shape index (κ2) is 4.46. The molecule has 0 aliphatic rings. The van der Waals surface area contributed by atoms with Crippen molar-refractivity contribution in [3.63, 3.8) is 0 Å². The molecule has 0 aliphatic carbocycles. The van der Waals surface area contributed by atoms with Gasteiger partial charge in [0.1, 0.15) is 5.82 Å². The van der Waals surface area contributed by atoms with Gasteiger partial charge in [0.2, 0.25) is 0 Å². The van der Waals surface area contributed by atoms with Gasteiger partial charge in [-0.2, -0.15) is 0 Å². The molecular formula is C9H10BrFO2. The fourth-order valence-electron chi connectivity index (χ4n) is 0.938. The van der Waals surface area contributed by atoms with Gasteiger partial charge in [-0.25, -0.2) is 4.39 Å². The minimum absolute atomic E-state index is 0.357. The van der Waals surface area contributed by atoms with Crippen LogP contribution < -0.4 is 9.47 Å². The second-order valence-electron chi connectivity index (χ2n) is 2.35. The average Bonchev–Trinajstić information content (AvgIpc) is 2.11. The monoisotopic (exact) mass is 248 g/mol. The molecule has 0 bridgehead atoms. The summed E-state index contributed by atoms with van der Waals surface area (Å²) < 4.78 is 23.6. The van der Waals surface area contributed by atoms with E-state index in [2.05, 4.69) is 15.9 Å². The van der Waals surface area contributed by atoms with Gasteiger partial charge < -0.3 is 9.47 Å². The molecular weight excluding hydrogens is 239 g/mol. The van der Waals surface area contributed by atoms with E-state index in [-0.39, 0.29) is 5.82 Å². The van der Waals surface area contributed by atoms with Gasteiger partial charge in [-0.15, -0.1) is 0 Å². The predicted octanol–water partition coefficient (Wildman–Crippen LogP) is 3.00. The molecule has 0 N–H and O–H groups in total. The summed E-state index contributed by atoms with van der Waals surface area (Å²) in [5, 5.41) is 0. The standard InChI is InChI=1S/C9H10BrFO2/c1-3-13-9-5-7(11)6(10)4-8(9)12-2/h4-5H,3H2,1-2H3. The van der Waals surface area contributed by atoms with E-state index in [1.54, 1.807) is 6.07 Å². The van der Waals surface area contributed by atoms with Gasteiger partial charge >= 0.3 is 0 Å². The van der Waals surface area contributed by atoms with Crippen molar-refractivity contribution in [1.82, 2.24) is 0 Å². The van der Waals surface area contributed by atoms with Crippen LogP contribution in [0, 0.1) is 5.82 Å². The molecule has 4 heteroatoms. The molecule has 0 aliphatic heterocycles. The molecule has 0 fully saturated rings. The minimum Gasteiger partial charge on any atom is -0.493 e. The lowest BCUT2D eigenvalue weighted by molar-refractivity contribution is 0.308. The maximum atomic E-state index is 13.0. The lowest BCUT2D eigenvalue weighted by Gasteiger charge is -2.09. The second-order valence-corrected chi connectivity index (χ2v) is 3.20. The summed E-state index contributed by atoms with van der Waals surface area (Å²) >= 11 is 3.06. The molecule has 2 nitrogen and oxygen atoms in total. The van der Waals surface area contributed by atoms with Crippen molar-refractivity contribution in [2.75, 3.05) is 13.7 Å². The Balaban J connectivity index is 3.09. The molecule has 13 heavy (non-hydrogen) atoms. The fourth-order valence-corrected chi connectivity index (χ4v) is 1.26. The summed E-state index contributed by atoms with van der Waals surface area (Å²) in [5.41, 5.74) is 0. The Morgan fingerprint density at radius 2 is 2.08 bits per heavy atom. The van der Waals surface area contributed by atoms with E-state index < -0.39 is 0 Å². The zero-order valence-electron chi connectivity index (χ0n) is 7.43. The van der Waals surface area contributed by atoms with Gasteiger partial charge in [0.15, 0.2) is 11.5 Å². The van der Waals surface area contributed by atoms with Crippen LogP contribution in [0.25, 0.3) is 0 Å². The summed E-state index contributed by atoms with van der Waals surface area (Å²) in [5.74, 6) is 0.588. The van der Waals surface area contributed by atoms with Crippen molar-refractivity contribution >= 4 is 15.9 Å². The molecule has 1 aromatic carbocycles. The van der Waals surface area contributed by atoms with Gasteiger partial charge in [-0.1, -0.05) is 0 Å². The number of hydrogen-bond donors (Lipinski definition) is 0. The fraction of sp³-hybridized carbons (Fsp3) is 0.333. The van der Waals surface area contributed by atoms with Crippen molar-refractivity contribution in [3.05, 3.63) is 22.4 Å². The van der Waals surface area contributed by atoms with Crippen molar-refractivity contribution in [2.45, 2.75) is 6.92 Å². The average molecular weight is 249 g/mol. The van der Waals surface area contributed by atoms with Crippen molar-refractivity contribution in [3.8, 4) is 11.5 Å². The maximum absolute atomic E-state index is 13.0. The van der Waals surface area contributed by atoms with Gasteiger partial charge in [0, 0.05) is 12.1 Å². The van der Waals surface area contributed by atoms with Gasteiger partial charge in [-0.05, 0) is 22.9 Å². The van der Waals surface area contributed by atoms with E-state index in [4.69, 9.17) is 9.47 Å². The summed E-state index contributed by atoms with van der Waals surface area (Å²) in [7, 11) is 1.52. The van der Waals surface area contributed by atoms with E-state index in [0.29, 0.717) is 22.6 Å². The Hall–Kier alpha value is -0.770. The van der Waals surface area contributed by atoms with Crippen LogP contribution in [0.15, 0.2) is 16.6 Å². The smallest absolute Gasteiger partial charge is 0.164 e. The Morgan fingerprint density at radius 1 is 1.38 bits per heavy atom. The van der Waals surface area contributed by atoms with Crippen LogP contribution >= 0.6 is 15.9 Å². The van der Waals surface area contributed by atoms with Crippen LogP contribution in [0.1, 0.15) is 6.92 Å². The van der Waals surface area contributed by atoms with E-state index in [1.165, 1.54) is 13.2 Å². The van der Waals surface area contributed by atoms with Gasteiger partial charge in [0.25, 0.3) is 0 Å². The van der Waals surface area contributed by atoms with E-state index in [0.717, 1.165) is 0 Å². The number of hydrogen-bond acceptors (Lipinski definition) is 2. The van der Waals surface area contributed by atoms with E-state index in [1.807, 2.05) is 6.92 Å². The number of methoxy groups -OCH3 is 1. The van der Waals surface area contributed by atoms with Crippen molar-refractivity contribution in [2.24, 2.45) is 0 Å². The molecule has 0 saturated carbocycles. The Labute approximate surface area is 84.8 Å². The summed E-state index contributed by atoms with van der Waals surface area (Å²) in [6.07, 6.45) is 0. The summed E-state index contributed by atoms with van der Waals surface area (Å²) in [6.45, 7) is 2.32. The summed E-state index contributed by atoms with van der Waals surface area (Å²) in [6, 6.07) is 2.84. The largest absolute Gasteiger partial charge is 0.493 e. The Morgan fingerprint density at radius 3 is 2.62 bits per heavy atom. The van der Waals surface area contributed by atoms with Crippen molar-refractivity contribution < 1.29 is 13.9 Å². The highest BCUT2D eigenvalue weighted by Gasteiger charge is 2.08. The molecule has 0 heterocycles. The Kier molecular flexibility index (Phi) is 3.54. The van der Waals surface area contributed by atoms with E-state index >= 15 is 0 Å². The van der Waals surface area contributed by atoms with Gasteiger partial charge in [-0.3, -0.25) is 0 Å². The molecule has 1 rings (SSSR count). The van der Waals surface area contributed by atoms with Crippen LogP contribution in [-0.2, 0) is 0 Å². The third-order valence-corrected chi connectivity index (χ3v) is 2.11. The van der Waals surface area contributed by atoms with Crippen LogP contribution in [0.4, 0.5) is 4.39 Å². The quantitative estimate of drug-likeness (QED) is 0.819. The molecule has 0 radical (unpaired) electrons. The molecule has 0 aromatic heterocycles. The Bertz CT molecular complexity index is 302. The predicted molar refractivity (Wildman–Crippen MR) is 51.8 cm³/mol. The zero-order chi connectivity index (χ0) is 9.84. The number of rotatable bonds is 3. The highest BCUT2D eigenvalue weighted by molar-refractivity contribution is 9.10. The first-order valence-electron chi connectivity index (χ1n) is 3.84. The first kappa shape index (κ1) is 10.3. The van der Waals surface area contributed by atoms with Crippen LogP contribution in [0.2, 0.25) is 0 Å². The first-order valence-corrected chi connectivity index (χ1v) is 4.64. The van der Waals surface area contributed by atoms with Crippen LogP contribution in [0.3, 0.4) is 0 Å². The summed E-state index contributed by atoms with van der Waals surface area (Å²) in [4.78, 5) is 0. The minimum atomic E-state index is -0.357. The molecule has 0 atom stereocenters. The molecule has 0 amide bonds. The molecule has 1 aromatic rings. The molecule has 72 valence electrons. The highest BCUT2D eigenvalue weighted by Crippen LogP contribution is 2.32.